The molecule has 0 heterocycles. The van der Waals surface area contributed by atoms with Gasteiger partial charge in [0.1, 0.15) is 5.75 Å². The minimum atomic E-state index is -1.04. The minimum Gasteiger partial charge on any atom is -0.496 e. The van der Waals surface area contributed by atoms with Gasteiger partial charge in [0.2, 0.25) is 0 Å². The average Bonchev–Trinajstić information content (AvgIpc) is 2.17. The SMILES string of the molecule is COc1cccc([C@@H](O)CC(=O)O)c1Br. The highest BCUT2D eigenvalue weighted by molar-refractivity contribution is 9.10. The van der Waals surface area contributed by atoms with Crippen molar-refractivity contribution in [1.29, 1.82) is 0 Å². The van der Waals surface area contributed by atoms with Crippen LogP contribution in [0.1, 0.15) is 18.1 Å². The number of aliphatic carboxylic acids is 1. The van der Waals surface area contributed by atoms with Crippen LogP contribution in [0.5, 0.6) is 5.75 Å². The molecule has 0 unspecified atom stereocenters. The number of carbonyl (C=O) groups is 1. The number of methoxy groups -OCH3 is 1. The van der Waals surface area contributed by atoms with Gasteiger partial charge >= 0.3 is 5.97 Å². The molecular weight excluding hydrogens is 264 g/mol. The van der Waals surface area contributed by atoms with Crippen molar-refractivity contribution in [1.82, 2.24) is 0 Å². The molecule has 0 saturated carbocycles. The second-order valence-corrected chi connectivity index (χ2v) is 3.77. The van der Waals surface area contributed by atoms with Crippen molar-refractivity contribution in [2.75, 3.05) is 7.11 Å². The number of ether oxygens (including phenoxy) is 1. The smallest absolute Gasteiger partial charge is 0.306 e. The van der Waals surface area contributed by atoms with Crippen molar-refractivity contribution in [3.63, 3.8) is 0 Å². The fraction of sp³-hybridized carbons (Fsp3) is 0.300. The quantitative estimate of drug-likeness (QED) is 0.881. The molecule has 5 heteroatoms. The topological polar surface area (TPSA) is 66.8 Å². The predicted octanol–water partition coefficient (Wildman–Crippen LogP) is 1.97. The van der Waals surface area contributed by atoms with Crippen LogP contribution in [-0.4, -0.2) is 23.3 Å². The Hall–Kier alpha value is -1.07. The molecule has 0 amide bonds. The fourth-order valence-corrected chi connectivity index (χ4v) is 1.91. The molecule has 0 spiro atoms. The first-order valence-corrected chi connectivity index (χ1v) is 5.07. The largest absolute Gasteiger partial charge is 0.496 e. The summed E-state index contributed by atoms with van der Waals surface area (Å²) in [6, 6.07) is 5.07. The van der Waals surface area contributed by atoms with Gasteiger partial charge in [-0.1, -0.05) is 12.1 Å². The lowest BCUT2D eigenvalue weighted by atomic mass is 10.1. The van der Waals surface area contributed by atoms with Crippen molar-refractivity contribution < 1.29 is 19.7 Å². The van der Waals surface area contributed by atoms with E-state index in [2.05, 4.69) is 15.9 Å². The Morgan fingerprint density at radius 2 is 2.27 bits per heavy atom. The van der Waals surface area contributed by atoms with Gasteiger partial charge in [-0.25, -0.2) is 0 Å². The summed E-state index contributed by atoms with van der Waals surface area (Å²) < 4.78 is 5.62. The average molecular weight is 275 g/mol. The molecule has 1 aromatic rings. The Morgan fingerprint density at radius 1 is 1.60 bits per heavy atom. The van der Waals surface area contributed by atoms with Crippen LogP contribution in [0.2, 0.25) is 0 Å². The summed E-state index contributed by atoms with van der Waals surface area (Å²) in [4.78, 5) is 10.4. The van der Waals surface area contributed by atoms with E-state index in [1.54, 1.807) is 18.2 Å². The molecule has 0 saturated heterocycles. The van der Waals surface area contributed by atoms with E-state index < -0.39 is 12.1 Å². The van der Waals surface area contributed by atoms with Gasteiger partial charge in [0, 0.05) is 0 Å². The van der Waals surface area contributed by atoms with Crippen LogP contribution >= 0.6 is 15.9 Å². The second kappa shape index (κ2) is 5.14. The van der Waals surface area contributed by atoms with Crippen LogP contribution in [-0.2, 0) is 4.79 Å². The Labute approximate surface area is 95.6 Å². The molecule has 0 radical (unpaired) electrons. The number of hydrogen-bond acceptors (Lipinski definition) is 3. The summed E-state index contributed by atoms with van der Waals surface area (Å²) in [5, 5.41) is 18.2. The van der Waals surface area contributed by atoms with Crippen molar-refractivity contribution in [3.8, 4) is 5.75 Å². The van der Waals surface area contributed by atoms with Crippen molar-refractivity contribution in [2.45, 2.75) is 12.5 Å². The van der Waals surface area contributed by atoms with Gasteiger partial charge in [-0.3, -0.25) is 4.79 Å². The number of aliphatic hydroxyl groups excluding tert-OH is 1. The highest BCUT2D eigenvalue weighted by Crippen LogP contribution is 2.33. The number of carboxylic acid groups (broad SMARTS) is 1. The first kappa shape index (κ1) is 12.0. The second-order valence-electron chi connectivity index (χ2n) is 2.98. The summed E-state index contributed by atoms with van der Waals surface area (Å²) in [6.07, 6.45) is -1.36. The number of carboxylic acids is 1. The Bertz CT molecular complexity index is 364. The number of benzene rings is 1. The van der Waals surface area contributed by atoms with Crippen LogP contribution < -0.4 is 4.74 Å². The van der Waals surface area contributed by atoms with Crippen LogP contribution in [0, 0.1) is 0 Å². The van der Waals surface area contributed by atoms with Crippen LogP contribution in [0.15, 0.2) is 22.7 Å². The Morgan fingerprint density at radius 3 is 2.80 bits per heavy atom. The number of halogens is 1. The van der Waals surface area contributed by atoms with Crippen molar-refractivity contribution in [2.24, 2.45) is 0 Å². The van der Waals surface area contributed by atoms with E-state index in [0.717, 1.165) is 0 Å². The molecule has 15 heavy (non-hydrogen) atoms. The minimum absolute atomic E-state index is 0.328. The molecule has 4 nitrogen and oxygen atoms in total. The van der Waals surface area contributed by atoms with Crippen LogP contribution in [0.4, 0.5) is 0 Å². The van der Waals surface area contributed by atoms with E-state index in [1.165, 1.54) is 7.11 Å². The summed E-state index contributed by atoms with van der Waals surface area (Å²) in [5.74, 6) is -0.478. The van der Waals surface area contributed by atoms with Gasteiger partial charge in [0.15, 0.2) is 0 Å². The third-order valence-corrected chi connectivity index (χ3v) is 2.79. The molecule has 0 aromatic heterocycles. The summed E-state index contributed by atoms with van der Waals surface area (Å²) >= 11 is 3.25. The third kappa shape index (κ3) is 2.94. The zero-order chi connectivity index (χ0) is 11.4. The molecule has 0 aliphatic heterocycles. The normalized spacial score (nSPS) is 12.2. The highest BCUT2D eigenvalue weighted by Gasteiger charge is 2.16. The van der Waals surface area contributed by atoms with E-state index in [-0.39, 0.29) is 6.42 Å². The van der Waals surface area contributed by atoms with Crippen LogP contribution in [0.3, 0.4) is 0 Å². The Kier molecular flexibility index (Phi) is 4.11. The standard InChI is InChI=1S/C10H11BrO4/c1-15-8-4-2-3-6(10(8)11)7(12)5-9(13)14/h2-4,7,12H,5H2,1H3,(H,13,14)/t7-/m0/s1. The van der Waals surface area contributed by atoms with Crippen LogP contribution in [0.25, 0.3) is 0 Å². The summed E-state index contributed by atoms with van der Waals surface area (Å²) in [7, 11) is 1.51. The lowest BCUT2D eigenvalue weighted by molar-refractivity contribution is -0.139. The van der Waals surface area contributed by atoms with E-state index in [9.17, 15) is 9.90 Å². The van der Waals surface area contributed by atoms with Crippen molar-refractivity contribution >= 4 is 21.9 Å². The molecule has 0 bridgehead atoms. The van der Waals surface area contributed by atoms with Crippen molar-refractivity contribution in [3.05, 3.63) is 28.2 Å². The van der Waals surface area contributed by atoms with E-state index in [0.29, 0.717) is 15.8 Å². The lowest BCUT2D eigenvalue weighted by Crippen LogP contribution is -2.06. The number of aliphatic hydroxyl groups is 1. The first-order chi connectivity index (χ1) is 7.06. The zero-order valence-electron chi connectivity index (χ0n) is 8.11. The summed E-state index contributed by atoms with van der Waals surface area (Å²) in [6.45, 7) is 0. The lowest BCUT2D eigenvalue weighted by Gasteiger charge is -2.12. The molecule has 82 valence electrons. The maximum absolute atomic E-state index is 10.4. The molecule has 2 N–H and O–H groups in total. The van der Waals surface area contributed by atoms with Gasteiger partial charge in [-0.05, 0) is 27.6 Å². The van der Waals surface area contributed by atoms with Gasteiger partial charge in [0.05, 0.1) is 24.1 Å². The number of hydrogen-bond donors (Lipinski definition) is 2. The molecule has 0 aliphatic carbocycles. The molecule has 0 fully saturated rings. The molecule has 1 atom stereocenters. The number of rotatable bonds is 4. The van der Waals surface area contributed by atoms with Gasteiger partial charge in [-0.15, -0.1) is 0 Å². The third-order valence-electron chi connectivity index (χ3n) is 1.94. The maximum atomic E-state index is 10.4. The molecule has 1 rings (SSSR count). The molecule has 1 aromatic carbocycles. The molecular formula is C10H11BrO4. The van der Waals surface area contributed by atoms with E-state index in [4.69, 9.17) is 9.84 Å². The van der Waals surface area contributed by atoms with Gasteiger partial charge in [-0.2, -0.15) is 0 Å². The zero-order valence-corrected chi connectivity index (χ0v) is 9.69. The predicted molar refractivity (Wildman–Crippen MR) is 57.9 cm³/mol. The van der Waals surface area contributed by atoms with E-state index in [1.807, 2.05) is 0 Å². The monoisotopic (exact) mass is 274 g/mol. The van der Waals surface area contributed by atoms with E-state index >= 15 is 0 Å². The maximum Gasteiger partial charge on any atom is 0.306 e. The van der Waals surface area contributed by atoms with Gasteiger partial charge < -0.3 is 14.9 Å². The first-order valence-electron chi connectivity index (χ1n) is 4.28. The highest BCUT2D eigenvalue weighted by atomic mass is 79.9. The van der Waals surface area contributed by atoms with Gasteiger partial charge in [0.25, 0.3) is 0 Å². The molecule has 0 aliphatic rings. The fourth-order valence-electron chi connectivity index (χ4n) is 1.22. The summed E-state index contributed by atoms with van der Waals surface area (Å²) in [5.41, 5.74) is 0.511. The Balaban J connectivity index is 2.98.